The third kappa shape index (κ3) is 3.07. The van der Waals surface area contributed by atoms with E-state index in [1.54, 1.807) is 36.6 Å². The molecule has 1 aromatic heterocycles. The van der Waals surface area contributed by atoms with Gasteiger partial charge in [-0.15, -0.1) is 0 Å². The second-order valence-corrected chi connectivity index (χ2v) is 3.92. The molecule has 5 nitrogen and oxygen atoms in total. The molecule has 0 bridgehead atoms. The Bertz CT molecular complexity index is 550. The summed E-state index contributed by atoms with van der Waals surface area (Å²) in [5.74, 6) is 0.887. The molecule has 1 aromatic carbocycles. The lowest BCUT2D eigenvalue weighted by atomic mass is 10.1. The lowest BCUT2D eigenvalue weighted by molar-refractivity contribution is 0.0945. The monoisotopic (exact) mass is 260 g/mol. The van der Waals surface area contributed by atoms with Gasteiger partial charge in [-0.25, -0.2) is 0 Å². The quantitative estimate of drug-likeness (QED) is 0.808. The zero-order valence-corrected chi connectivity index (χ0v) is 10.7. The molecule has 0 aliphatic heterocycles. The van der Waals surface area contributed by atoms with Crippen LogP contribution in [-0.4, -0.2) is 12.5 Å². The minimum Gasteiger partial charge on any atom is -0.493 e. The van der Waals surface area contributed by atoms with Crippen LogP contribution >= 0.6 is 0 Å². The van der Waals surface area contributed by atoms with Crippen molar-refractivity contribution in [2.24, 2.45) is 0 Å². The van der Waals surface area contributed by atoms with Crippen molar-refractivity contribution in [2.45, 2.75) is 13.5 Å². The molecule has 3 N–H and O–H groups in total. The zero-order valence-electron chi connectivity index (χ0n) is 10.7. The van der Waals surface area contributed by atoms with E-state index in [1.165, 1.54) is 0 Å². The Balaban J connectivity index is 2.13. The van der Waals surface area contributed by atoms with E-state index in [0.29, 0.717) is 35.9 Å². The summed E-state index contributed by atoms with van der Waals surface area (Å²) in [6.07, 6.45) is 1.56. The van der Waals surface area contributed by atoms with Gasteiger partial charge in [0.1, 0.15) is 17.1 Å². The van der Waals surface area contributed by atoms with Gasteiger partial charge in [-0.1, -0.05) is 6.07 Å². The number of anilines is 1. The molecular weight excluding hydrogens is 244 g/mol. The summed E-state index contributed by atoms with van der Waals surface area (Å²) >= 11 is 0. The van der Waals surface area contributed by atoms with Gasteiger partial charge in [-0.2, -0.15) is 0 Å². The van der Waals surface area contributed by atoms with Crippen LogP contribution in [-0.2, 0) is 6.54 Å². The van der Waals surface area contributed by atoms with Crippen LogP contribution in [0.3, 0.4) is 0 Å². The number of nitrogens with two attached hydrogens (primary N) is 1. The summed E-state index contributed by atoms with van der Waals surface area (Å²) in [7, 11) is 0. The van der Waals surface area contributed by atoms with Gasteiger partial charge in [0, 0.05) is 5.69 Å². The normalized spacial score (nSPS) is 10.2. The first-order valence-electron chi connectivity index (χ1n) is 6.04. The molecule has 0 saturated heterocycles. The first kappa shape index (κ1) is 13.0. The number of ether oxygens (including phenoxy) is 1. The molecular formula is C14H16N2O3. The number of rotatable bonds is 5. The van der Waals surface area contributed by atoms with E-state index in [1.807, 2.05) is 6.92 Å². The van der Waals surface area contributed by atoms with Crippen LogP contribution in [0.25, 0.3) is 0 Å². The maximum atomic E-state index is 12.1. The molecule has 1 amide bonds. The van der Waals surface area contributed by atoms with Crippen LogP contribution in [0.2, 0.25) is 0 Å². The van der Waals surface area contributed by atoms with Crippen molar-refractivity contribution in [2.75, 3.05) is 12.3 Å². The Morgan fingerprint density at radius 1 is 1.37 bits per heavy atom. The molecule has 19 heavy (non-hydrogen) atoms. The Morgan fingerprint density at radius 3 is 2.89 bits per heavy atom. The highest BCUT2D eigenvalue weighted by Gasteiger charge is 2.15. The predicted molar refractivity (Wildman–Crippen MR) is 71.9 cm³/mol. The molecule has 0 fully saturated rings. The lowest BCUT2D eigenvalue weighted by Gasteiger charge is -2.12. The number of furan rings is 1. The summed E-state index contributed by atoms with van der Waals surface area (Å²) in [5, 5.41) is 2.75. The molecule has 100 valence electrons. The van der Waals surface area contributed by atoms with Gasteiger partial charge < -0.3 is 20.2 Å². The molecule has 1 heterocycles. The number of hydrogen-bond donors (Lipinski definition) is 2. The van der Waals surface area contributed by atoms with Gasteiger partial charge in [0.15, 0.2) is 0 Å². The average molecular weight is 260 g/mol. The second-order valence-electron chi connectivity index (χ2n) is 3.92. The zero-order chi connectivity index (χ0) is 13.7. The maximum absolute atomic E-state index is 12.1. The lowest BCUT2D eigenvalue weighted by Crippen LogP contribution is -2.24. The highest BCUT2D eigenvalue weighted by atomic mass is 16.5. The summed E-state index contributed by atoms with van der Waals surface area (Å²) < 4.78 is 10.6. The topological polar surface area (TPSA) is 77.5 Å². The van der Waals surface area contributed by atoms with Crippen molar-refractivity contribution in [1.29, 1.82) is 0 Å². The molecule has 2 aromatic rings. The number of nitrogens with one attached hydrogen (secondary N) is 1. The SMILES string of the molecule is CCOc1cccc(N)c1C(=O)NCc1ccco1. The summed E-state index contributed by atoms with van der Waals surface area (Å²) in [5.41, 5.74) is 6.59. The Morgan fingerprint density at radius 2 is 2.21 bits per heavy atom. The van der Waals surface area contributed by atoms with Crippen LogP contribution in [0.4, 0.5) is 5.69 Å². The fraction of sp³-hybridized carbons (Fsp3) is 0.214. The fourth-order valence-electron chi connectivity index (χ4n) is 1.74. The number of amides is 1. The van der Waals surface area contributed by atoms with Crippen LogP contribution < -0.4 is 15.8 Å². The number of carbonyl (C=O) groups is 1. The first-order valence-corrected chi connectivity index (χ1v) is 6.04. The third-order valence-corrected chi connectivity index (χ3v) is 2.59. The minimum atomic E-state index is -0.280. The molecule has 0 unspecified atom stereocenters. The molecule has 0 aliphatic carbocycles. The van der Waals surface area contributed by atoms with E-state index in [4.69, 9.17) is 14.9 Å². The molecule has 2 rings (SSSR count). The summed E-state index contributed by atoms with van der Waals surface area (Å²) in [6, 6.07) is 8.71. The van der Waals surface area contributed by atoms with Crippen molar-refractivity contribution in [3.05, 3.63) is 47.9 Å². The minimum absolute atomic E-state index is 0.280. The smallest absolute Gasteiger partial charge is 0.257 e. The van der Waals surface area contributed by atoms with Crippen LogP contribution in [0.15, 0.2) is 41.0 Å². The molecule has 0 aliphatic rings. The van der Waals surface area contributed by atoms with Crippen molar-refractivity contribution in [3.63, 3.8) is 0 Å². The Kier molecular flexibility index (Phi) is 4.07. The highest BCUT2D eigenvalue weighted by Crippen LogP contribution is 2.24. The van der Waals surface area contributed by atoms with Gasteiger partial charge in [0.2, 0.25) is 0 Å². The van der Waals surface area contributed by atoms with Crippen molar-refractivity contribution < 1.29 is 13.9 Å². The summed E-state index contributed by atoms with van der Waals surface area (Å²) in [4.78, 5) is 12.1. The number of carbonyl (C=O) groups excluding carboxylic acids is 1. The highest BCUT2D eigenvalue weighted by molar-refractivity contribution is 6.01. The number of hydrogen-bond acceptors (Lipinski definition) is 4. The average Bonchev–Trinajstić information content (AvgIpc) is 2.90. The van der Waals surface area contributed by atoms with E-state index in [-0.39, 0.29) is 5.91 Å². The largest absolute Gasteiger partial charge is 0.493 e. The van der Waals surface area contributed by atoms with Gasteiger partial charge in [-0.3, -0.25) is 4.79 Å². The van der Waals surface area contributed by atoms with E-state index < -0.39 is 0 Å². The van der Waals surface area contributed by atoms with Crippen LogP contribution in [0, 0.1) is 0 Å². The maximum Gasteiger partial charge on any atom is 0.257 e. The molecule has 0 atom stereocenters. The van der Waals surface area contributed by atoms with Crippen molar-refractivity contribution in [1.82, 2.24) is 5.32 Å². The van der Waals surface area contributed by atoms with E-state index in [0.717, 1.165) is 0 Å². The van der Waals surface area contributed by atoms with Crippen molar-refractivity contribution >= 4 is 11.6 Å². The van der Waals surface area contributed by atoms with E-state index >= 15 is 0 Å². The fourth-order valence-corrected chi connectivity index (χ4v) is 1.74. The summed E-state index contributed by atoms with van der Waals surface area (Å²) in [6.45, 7) is 2.64. The predicted octanol–water partition coefficient (Wildman–Crippen LogP) is 2.19. The van der Waals surface area contributed by atoms with Crippen molar-refractivity contribution in [3.8, 4) is 5.75 Å². The number of nitrogen functional groups attached to an aromatic ring is 1. The van der Waals surface area contributed by atoms with Crippen LogP contribution in [0.5, 0.6) is 5.75 Å². The van der Waals surface area contributed by atoms with Gasteiger partial charge >= 0.3 is 0 Å². The standard InChI is InChI=1S/C14H16N2O3/c1-2-18-12-7-3-6-11(15)13(12)14(17)16-9-10-5-4-8-19-10/h3-8H,2,9,15H2,1H3,(H,16,17). The van der Waals surface area contributed by atoms with Gasteiger partial charge in [-0.05, 0) is 31.2 Å². The molecule has 0 radical (unpaired) electrons. The third-order valence-electron chi connectivity index (χ3n) is 2.59. The molecule has 0 saturated carbocycles. The van der Waals surface area contributed by atoms with Gasteiger partial charge in [0.05, 0.1) is 19.4 Å². The Hall–Kier alpha value is -2.43. The van der Waals surface area contributed by atoms with E-state index in [9.17, 15) is 4.79 Å². The van der Waals surface area contributed by atoms with E-state index in [2.05, 4.69) is 5.32 Å². The van der Waals surface area contributed by atoms with Gasteiger partial charge in [0.25, 0.3) is 5.91 Å². The van der Waals surface area contributed by atoms with Crippen LogP contribution in [0.1, 0.15) is 23.0 Å². The second kappa shape index (κ2) is 5.95. The molecule has 0 spiro atoms. The first-order chi connectivity index (χ1) is 9.22. The molecule has 5 heteroatoms. The Labute approximate surface area is 111 Å². The number of benzene rings is 1.